The van der Waals surface area contributed by atoms with Crippen molar-refractivity contribution in [2.24, 2.45) is 5.41 Å². The molecule has 1 radical (unpaired) electrons. The van der Waals surface area contributed by atoms with Gasteiger partial charge in [0.15, 0.2) is 0 Å². The molecule has 0 N–H and O–H groups in total. The van der Waals surface area contributed by atoms with Crippen molar-refractivity contribution >= 4 is 6.21 Å². The smallest absolute Gasteiger partial charge is 0.0275 e. The van der Waals surface area contributed by atoms with E-state index in [2.05, 4.69) is 20.8 Å². The van der Waals surface area contributed by atoms with Crippen LogP contribution in [0.4, 0.5) is 0 Å². The Morgan fingerprint density at radius 3 is 1.86 bits per heavy atom. The fourth-order valence-electron chi connectivity index (χ4n) is 0.274. The van der Waals surface area contributed by atoms with E-state index in [1.807, 2.05) is 0 Å². The molecule has 0 bridgehead atoms. The molecule has 0 saturated carbocycles. The van der Waals surface area contributed by atoms with Gasteiger partial charge in [0, 0.05) is 6.21 Å². The van der Waals surface area contributed by atoms with Crippen LogP contribution in [0.2, 0.25) is 0 Å². The van der Waals surface area contributed by atoms with Gasteiger partial charge in [-0.2, -0.15) is 5.41 Å². The molecule has 7 heavy (non-hydrogen) atoms. The number of rotatable bonds is 1. The van der Waals surface area contributed by atoms with Gasteiger partial charge in [-0.05, 0) is 11.8 Å². The monoisotopic (exact) mass is 98.1 g/mol. The summed E-state index contributed by atoms with van der Waals surface area (Å²) < 4.78 is 0. The van der Waals surface area contributed by atoms with Crippen LogP contribution in [-0.4, -0.2) is 6.21 Å². The van der Waals surface area contributed by atoms with Crippen LogP contribution in [0, 0.1) is 5.41 Å². The minimum Gasteiger partial charge on any atom is -0.164 e. The zero-order chi connectivity index (χ0) is 5.91. The Hall–Kier alpha value is -0.330. The molecular weight excluding hydrogens is 86.1 g/mol. The predicted octanol–water partition coefficient (Wildman–Crippen LogP) is 1.29. The lowest BCUT2D eigenvalue weighted by Gasteiger charge is -2.12. The van der Waals surface area contributed by atoms with Crippen molar-refractivity contribution in [1.29, 1.82) is 0 Å². The lowest BCUT2D eigenvalue weighted by Crippen LogP contribution is -2.04. The summed E-state index contributed by atoms with van der Waals surface area (Å²) in [5, 5.41) is 8.28. The van der Waals surface area contributed by atoms with Crippen molar-refractivity contribution in [3.05, 3.63) is 0 Å². The molecule has 0 saturated heterocycles. The lowest BCUT2D eigenvalue weighted by molar-refractivity contribution is 0.438. The van der Waals surface area contributed by atoms with Gasteiger partial charge in [0.25, 0.3) is 0 Å². The van der Waals surface area contributed by atoms with Crippen molar-refractivity contribution in [2.45, 2.75) is 27.2 Å². The molecule has 0 heterocycles. The molecule has 0 rings (SSSR count). The topological polar surface area (TPSA) is 22.3 Å². The average Bonchev–Trinajstić information content (AvgIpc) is 1.30. The Labute approximate surface area is 45.2 Å². The van der Waals surface area contributed by atoms with Gasteiger partial charge in [-0.15, -0.1) is 0 Å². The molecular formula is C6H12N. The molecule has 1 heteroatoms. The SMILES string of the molecule is CC(C)(C)CC=[N]. The summed E-state index contributed by atoms with van der Waals surface area (Å²) in [6, 6.07) is 0. The van der Waals surface area contributed by atoms with Gasteiger partial charge in [0.05, 0.1) is 0 Å². The minimum atomic E-state index is 0.245. The van der Waals surface area contributed by atoms with Crippen LogP contribution in [-0.2, 0) is 0 Å². The highest BCUT2D eigenvalue weighted by Crippen LogP contribution is 2.15. The van der Waals surface area contributed by atoms with Crippen molar-refractivity contribution in [1.82, 2.24) is 5.41 Å². The van der Waals surface area contributed by atoms with Crippen molar-refractivity contribution in [3.63, 3.8) is 0 Å². The third kappa shape index (κ3) is 5.67. The maximum Gasteiger partial charge on any atom is 0.0275 e. The van der Waals surface area contributed by atoms with Crippen LogP contribution < -0.4 is 5.41 Å². The van der Waals surface area contributed by atoms with Crippen LogP contribution in [0.5, 0.6) is 0 Å². The third-order valence-corrected chi connectivity index (χ3v) is 0.704. The van der Waals surface area contributed by atoms with Crippen molar-refractivity contribution < 1.29 is 0 Å². The molecule has 0 fully saturated rings. The molecule has 0 aliphatic carbocycles. The molecule has 0 atom stereocenters. The molecule has 0 amide bonds. The van der Waals surface area contributed by atoms with Gasteiger partial charge in [-0.1, -0.05) is 20.8 Å². The van der Waals surface area contributed by atoms with Gasteiger partial charge >= 0.3 is 0 Å². The Morgan fingerprint density at radius 2 is 1.86 bits per heavy atom. The van der Waals surface area contributed by atoms with Gasteiger partial charge in [0.2, 0.25) is 0 Å². The Kier molecular flexibility index (Phi) is 2.00. The maximum absolute atomic E-state index is 8.28. The molecule has 0 aromatic rings. The molecule has 1 nitrogen and oxygen atoms in total. The highest BCUT2D eigenvalue weighted by Gasteiger charge is 2.05. The normalized spacial score (nSPS) is 11.3. The van der Waals surface area contributed by atoms with Crippen LogP contribution in [0.3, 0.4) is 0 Å². The molecule has 0 aromatic heterocycles. The second-order valence-electron chi connectivity index (χ2n) is 2.95. The van der Waals surface area contributed by atoms with Gasteiger partial charge < -0.3 is 0 Å². The zero-order valence-corrected chi connectivity index (χ0v) is 5.23. The summed E-state index contributed by atoms with van der Waals surface area (Å²) in [6.45, 7) is 6.25. The first-order valence-corrected chi connectivity index (χ1v) is 2.52. The van der Waals surface area contributed by atoms with Crippen LogP contribution in [0.15, 0.2) is 0 Å². The summed E-state index contributed by atoms with van der Waals surface area (Å²) in [5.41, 5.74) is 0.245. The summed E-state index contributed by atoms with van der Waals surface area (Å²) >= 11 is 0. The molecule has 0 aliphatic rings. The molecule has 0 aromatic carbocycles. The Morgan fingerprint density at radius 1 is 1.43 bits per heavy atom. The zero-order valence-electron chi connectivity index (χ0n) is 5.23. The second-order valence-corrected chi connectivity index (χ2v) is 2.95. The highest BCUT2D eigenvalue weighted by atomic mass is 14.3. The van der Waals surface area contributed by atoms with E-state index in [1.165, 1.54) is 6.21 Å². The molecule has 0 unspecified atom stereocenters. The summed E-state index contributed by atoms with van der Waals surface area (Å²) in [4.78, 5) is 0. The number of nitrogens with zero attached hydrogens (tertiary/aromatic N) is 1. The van der Waals surface area contributed by atoms with E-state index in [4.69, 9.17) is 5.41 Å². The first-order chi connectivity index (χ1) is 3.06. The van der Waals surface area contributed by atoms with Crippen molar-refractivity contribution in [2.75, 3.05) is 0 Å². The Bertz CT molecular complexity index is 59.1. The van der Waals surface area contributed by atoms with Gasteiger partial charge in [0.1, 0.15) is 0 Å². The predicted molar refractivity (Wildman–Crippen MR) is 32.3 cm³/mol. The van der Waals surface area contributed by atoms with Crippen LogP contribution in [0.1, 0.15) is 27.2 Å². The van der Waals surface area contributed by atoms with E-state index in [-0.39, 0.29) is 5.41 Å². The fourth-order valence-corrected chi connectivity index (χ4v) is 0.274. The van der Waals surface area contributed by atoms with Crippen LogP contribution >= 0.6 is 0 Å². The van der Waals surface area contributed by atoms with E-state index in [9.17, 15) is 0 Å². The maximum atomic E-state index is 8.28. The molecule has 0 spiro atoms. The largest absolute Gasteiger partial charge is 0.164 e. The quantitative estimate of drug-likeness (QED) is 0.441. The van der Waals surface area contributed by atoms with E-state index < -0.39 is 0 Å². The summed E-state index contributed by atoms with van der Waals surface area (Å²) in [7, 11) is 0. The molecule has 41 valence electrons. The van der Waals surface area contributed by atoms with E-state index >= 15 is 0 Å². The molecule has 0 aliphatic heterocycles. The van der Waals surface area contributed by atoms with E-state index in [1.54, 1.807) is 0 Å². The first-order valence-electron chi connectivity index (χ1n) is 2.52. The number of hydrogen-bond acceptors (Lipinski definition) is 0. The lowest BCUT2D eigenvalue weighted by atomic mass is 9.93. The third-order valence-electron chi connectivity index (χ3n) is 0.704. The van der Waals surface area contributed by atoms with Gasteiger partial charge in [-0.25, -0.2) is 0 Å². The summed E-state index contributed by atoms with van der Waals surface area (Å²) in [5.74, 6) is 0. The second kappa shape index (κ2) is 2.10. The summed E-state index contributed by atoms with van der Waals surface area (Å²) in [6.07, 6.45) is 1.98. The van der Waals surface area contributed by atoms with Crippen LogP contribution in [0.25, 0.3) is 0 Å². The van der Waals surface area contributed by atoms with Gasteiger partial charge in [-0.3, -0.25) is 0 Å². The van der Waals surface area contributed by atoms with E-state index in [0.717, 1.165) is 6.42 Å². The Balaban J connectivity index is 3.34. The fraction of sp³-hybridized carbons (Fsp3) is 0.833. The average molecular weight is 98.2 g/mol. The minimum absolute atomic E-state index is 0.245. The standard InChI is InChI=1S/C6H12N/c1-6(2,3)4-5-7/h5H,4H2,1-3H3. The van der Waals surface area contributed by atoms with Crippen molar-refractivity contribution in [3.8, 4) is 0 Å². The number of hydrogen-bond donors (Lipinski definition) is 0. The van der Waals surface area contributed by atoms with E-state index in [0.29, 0.717) is 0 Å². The highest BCUT2D eigenvalue weighted by molar-refractivity contribution is 5.54. The first kappa shape index (κ1) is 6.67.